The van der Waals surface area contributed by atoms with Crippen LogP contribution in [0.5, 0.6) is 0 Å². The SMILES string of the molecule is CCCCCCl.FC(F)F.S. The molecule has 0 saturated carbocycles. The van der Waals surface area contributed by atoms with Crippen molar-refractivity contribution in [1.82, 2.24) is 0 Å². The van der Waals surface area contributed by atoms with Crippen molar-refractivity contribution in [2.24, 2.45) is 0 Å². The monoisotopic (exact) mass is 210 g/mol. The van der Waals surface area contributed by atoms with Crippen LogP contribution < -0.4 is 0 Å². The Morgan fingerprint density at radius 3 is 1.64 bits per heavy atom. The summed E-state index contributed by atoms with van der Waals surface area (Å²) in [6.45, 7) is -1.49. The minimum atomic E-state index is -3.67. The van der Waals surface area contributed by atoms with E-state index in [1.807, 2.05) is 0 Å². The molecule has 0 amide bonds. The molecule has 0 unspecified atom stereocenters. The molecule has 0 aromatic heterocycles. The normalized spacial score (nSPS) is 8.18. The van der Waals surface area contributed by atoms with Crippen molar-refractivity contribution in [2.45, 2.75) is 32.9 Å². The van der Waals surface area contributed by atoms with Gasteiger partial charge >= 0.3 is 6.68 Å². The number of alkyl halides is 4. The lowest BCUT2D eigenvalue weighted by molar-refractivity contribution is 0.00819. The van der Waals surface area contributed by atoms with Gasteiger partial charge in [0.25, 0.3) is 0 Å². The third-order valence-electron chi connectivity index (χ3n) is 0.737. The van der Waals surface area contributed by atoms with Crippen LogP contribution in [0.25, 0.3) is 0 Å². The Hall–Kier alpha value is 0.430. The fourth-order valence-electron chi connectivity index (χ4n) is 0.344. The van der Waals surface area contributed by atoms with Gasteiger partial charge < -0.3 is 0 Å². The zero-order chi connectivity index (χ0) is 8.41. The molecule has 11 heavy (non-hydrogen) atoms. The Kier molecular flexibility index (Phi) is 26.7. The minimum Gasteiger partial charge on any atom is -0.197 e. The average molecular weight is 211 g/mol. The molecule has 0 spiro atoms. The molecule has 0 rings (SSSR count). The highest BCUT2D eigenvalue weighted by molar-refractivity contribution is 7.59. The van der Waals surface area contributed by atoms with E-state index < -0.39 is 6.68 Å². The Balaban J connectivity index is -0.000000114. The van der Waals surface area contributed by atoms with E-state index in [1.165, 1.54) is 19.3 Å². The smallest absolute Gasteiger partial charge is 0.197 e. The van der Waals surface area contributed by atoms with Gasteiger partial charge in [0.15, 0.2) is 0 Å². The molecule has 0 heterocycles. The van der Waals surface area contributed by atoms with Crippen molar-refractivity contribution in [3.05, 3.63) is 0 Å². The maximum absolute atomic E-state index is 9.67. The molecule has 0 saturated heterocycles. The van der Waals surface area contributed by atoms with Crippen LogP contribution in [0.4, 0.5) is 13.2 Å². The lowest BCUT2D eigenvalue weighted by Crippen LogP contribution is -1.70. The van der Waals surface area contributed by atoms with Crippen molar-refractivity contribution in [1.29, 1.82) is 0 Å². The maximum Gasteiger partial charge on any atom is 0.379 e. The summed E-state index contributed by atoms with van der Waals surface area (Å²) in [6.07, 6.45) is 3.73. The van der Waals surface area contributed by atoms with Crippen LogP contribution in [0.3, 0.4) is 0 Å². The van der Waals surface area contributed by atoms with Crippen LogP contribution in [0.1, 0.15) is 26.2 Å². The van der Waals surface area contributed by atoms with Gasteiger partial charge in [-0.15, -0.1) is 11.6 Å². The first-order valence-corrected chi connectivity index (χ1v) is 3.66. The Morgan fingerprint density at radius 2 is 1.55 bits per heavy atom. The van der Waals surface area contributed by atoms with Gasteiger partial charge in [0.05, 0.1) is 0 Å². The van der Waals surface area contributed by atoms with Crippen LogP contribution in [-0.4, -0.2) is 12.6 Å². The Labute approximate surface area is 77.6 Å². The van der Waals surface area contributed by atoms with Gasteiger partial charge in [-0.1, -0.05) is 19.8 Å². The van der Waals surface area contributed by atoms with E-state index in [0.29, 0.717) is 0 Å². The quantitative estimate of drug-likeness (QED) is 0.492. The van der Waals surface area contributed by atoms with Crippen molar-refractivity contribution < 1.29 is 13.2 Å². The lowest BCUT2D eigenvalue weighted by atomic mass is 10.3. The Morgan fingerprint density at radius 1 is 1.18 bits per heavy atom. The molecular weight excluding hydrogens is 197 g/mol. The number of halogens is 4. The van der Waals surface area contributed by atoms with Crippen molar-refractivity contribution >= 4 is 25.1 Å². The van der Waals surface area contributed by atoms with Gasteiger partial charge in [-0.3, -0.25) is 0 Å². The summed E-state index contributed by atoms with van der Waals surface area (Å²) in [7, 11) is 0. The summed E-state index contributed by atoms with van der Waals surface area (Å²) in [5.41, 5.74) is 0. The maximum atomic E-state index is 9.67. The highest BCUT2D eigenvalue weighted by Crippen LogP contribution is 1.93. The summed E-state index contributed by atoms with van der Waals surface area (Å²) in [5.74, 6) is 0.827. The molecule has 0 fully saturated rings. The zero-order valence-corrected chi connectivity index (χ0v) is 8.17. The lowest BCUT2D eigenvalue weighted by Gasteiger charge is -1.84. The van der Waals surface area contributed by atoms with Gasteiger partial charge in [0.2, 0.25) is 0 Å². The van der Waals surface area contributed by atoms with Gasteiger partial charge in [0, 0.05) is 5.88 Å². The summed E-state index contributed by atoms with van der Waals surface area (Å²) >= 11 is 5.38. The molecule has 72 valence electrons. The summed E-state index contributed by atoms with van der Waals surface area (Å²) < 4.78 is 29.0. The van der Waals surface area contributed by atoms with E-state index in [1.54, 1.807) is 0 Å². The predicted octanol–water partition coefficient (Wildman–Crippen LogP) is 3.71. The molecular formula is C6H14ClF3S. The van der Waals surface area contributed by atoms with Gasteiger partial charge in [0.1, 0.15) is 0 Å². The molecule has 0 aromatic rings. The second kappa shape index (κ2) is 16.8. The fourth-order valence-corrected chi connectivity index (χ4v) is 0.533. The first kappa shape index (κ1) is 17.5. The molecule has 5 heteroatoms. The van der Waals surface area contributed by atoms with Gasteiger partial charge in [-0.2, -0.15) is 26.7 Å². The molecule has 0 nitrogen and oxygen atoms in total. The average Bonchev–Trinajstić information content (AvgIpc) is 1.82. The first-order chi connectivity index (χ1) is 4.65. The second-order valence-corrected chi connectivity index (χ2v) is 2.02. The summed E-state index contributed by atoms with van der Waals surface area (Å²) in [5, 5.41) is 0. The van der Waals surface area contributed by atoms with Crippen molar-refractivity contribution in [2.75, 3.05) is 5.88 Å². The van der Waals surface area contributed by atoms with Crippen LogP contribution in [0.2, 0.25) is 0 Å². The highest BCUT2D eigenvalue weighted by Gasteiger charge is 1.86. The van der Waals surface area contributed by atoms with Crippen LogP contribution >= 0.6 is 25.1 Å². The van der Waals surface area contributed by atoms with Gasteiger partial charge in [-0.25, -0.2) is 0 Å². The van der Waals surface area contributed by atoms with E-state index in [0.717, 1.165) is 5.88 Å². The van der Waals surface area contributed by atoms with Crippen LogP contribution in [-0.2, 0) is 0 Å². The Bertz CT molecular complexity index is 48.3. The molecule has 0 radical (unpaired) electrons. The van der Waals surface area contributed by atoms with E-state index >= 15 is 0 Å². The second-order valence-electron chi connectivity index (χ2n) is 1.64. The summed E-state index contributed by atoms with van der Waals surface area (Å²) in [4.78, 5) is 0. The highest BCUT2D eigenvalue weighted by atomic mass is 35.5. The fraction of sp³-hybridized carbons (Fsp3) is 1.00. The first-order valence-electron chi connectivity index (χ1n) is 3.13. The molecule has 0 aromatic carbocycles. The standard InChI is InChI=1S/C5H11Cl.CHF3.H2S/c1-2-3-4-5-6;2-1(3)4;/h2-5H2,1H3;1H;1H2. The number of unbranched alkanes of at least 4 members (excludes halogenated alkanes) is 2. The van der Waals surface area contributed by atoms with Crippen LogP contribution in [0.15, 0.2) is 0 Å². The zero-order valence-electron chi connectivity index (χ0n) is 6.42. The number of hydrogen-bond donors (Lipinski definition) is 0. The van der Waals surface area contributed by atoms with E-state index in [4.69, 9.17) is 11.6 Å². The molecule has 0 aliphatic heterocycles. The summed E-state index contributed by atoms with van der Waals surface area (Å²) in [6, 6.07) is 0. The molecule has 0 bridgehead atoms. The van der Waals surface area contributed by atoms with Crippen molar-refractivity contribution in [3.63, 3.8) is 0 Å². The minimum absolute atomic E-state index is 0. The van der Waals surface area contributed by atoms with E-state index in [2.05, 4.69) is 6.92 Å². The predicted molar refractivity (Wildman–Crippen MR) is 47.7 cm³/mol. The van der Waals surface area contributed by atoms with Crippen molar-refractivity contribution in [3.8, 4) is 0 Å². The molecule has 0 aliphatic carbocycles. The third-order valence-corrected chi connectivity index (χ3v) is 1.00. The third kappa shape index (κ3) is 63.0. The molecule has 0 N–H and O–H groups in total. The molecule has 0 aliphatic rings. The molecule has 0 atom stereocenters. The number of rotatable bonds is 3. The van der Waals surface area contributed by atoms with E-state index in [9.17, 15) is 13.2 Å². The largest absolute Gasteiger partial charge is 0.379 e. The topological polar surface area (TPSA) is 0 Å². The van der Waals surface area contributed by atoms with E-state index in [-0.39, 0.29) is 13.5 Å². The van der Waals surface area contributed by atoms with Gasteiger partial charge in [-0.05, 0) is 6.42 Å². The van der Waals surface area contributed by atoms with Crippen LogP contribution in [0, 0.1) is 0 Å². The number of hydrogen-bond acceptors (Lipinski definition) is 0.